The fraction of sp³-hybridized carbons (Fsp3) is 0.714. The Hall–Kier alpha value is -1.54. The van der Waals surface area contributed by atoms with Crippen molar-refractivity contribution >= 4 is 11.9 Å². The topological polar surface area (TPSA) is 69.6 Å². The van der Waals surface area contributed by atoms with Gasteiger partial charge in [-0.3, -0.25) is 14.5 Å². The Labute approximate surface area is 114 Å². The SMILES string of the molecule is C#CCN(CCC(=O)NC1CCCCC1)CC(=O)O. The maximum absolute atomic E-state index is 11.8. The zero-order valence-corrected chi connectivity index (χ0v) is 11.2. The zero-order valence-electron chi connectivity index (χ0n) is 11.2. The summed E-state index contributed by atoms with van der Waals surface area (Å²) >= 11 is 0. The molecule has 1 amide bonds. The van der Waals surface area contributed by atoms with Crippen LogP contribution in [0.4, 0.5) is 0 Å². The summed E-state index contributed by atoms with van der Waals surface area (Å²) in [7, 11) is 0. The molecule has 0 aromatic rings. The number of hydrogen-bond donors (Lipinski definition) is 2. The monoisotopic (exact) mass is 266 g/mol. The minimum absolute atomic E-state index is 0.0145. The first-order chi connectivity index (χ1) is 9.11. The van der Waals surface area contributed by atoms with Crippen molar-refractivity contribution in [2.45, 2.75) is 44.6 Å². The van der Waals surface area contributed by atoms with Crippen LogP contribution in [0.5, 0.6) is 0 Å². The average Bonchev–Trinajstić information content (AvgIpc) is 2.37. The lowest BCUT2D eigenvalue weighted by Crippen LogP contribution is -2.39. The molecule has 1 aliphatic carbocycles. The second kappa shape index (κ2) is 8.54. The van der Waals surface area contributed by atoms with E-state index < -0.39 is 5.97 Å². The molecule has 5 heteroatoms. The minimum Gasteiger partial charge on any atom is -0.480 e. The van der Waals surface area contributed by atoms with Gasteiger partial charge >= 0.3 is 5.97 Å². The van der Waals surface area contributed by atoms with Gasteiger partial charge in [-0.2, -0.15) is 0 Å². The predicted molar refractivity (Wildman–Crippen MR) is 72.5 cm³/mol. The van der Waals surface area contributed by atoms with Gasteiger partial charge in [-0.25, -0.2) is 0 Å². The number of carboxylic acids is 1. The Morgan fingerprint density at radius 3 is 2.58 bits per heavy atom. The molecular formula is C14H22N2O3. The molecule has 0 aromatic carbocycles. The summed E-state index contributed by atoms with van der Waals surface area (Å²) in [4.78, 5) is 24.0. The summed E-state index contributed by atoms with van der Waals surface area (Å²) in [5.74, 6) is 1.47. The maximum atomic E-state index is 11.8. The lowest BCUT2D eigenvalue weighted by molar-refractivity contribution is -0.138. The molecule has 0 unspecified atom stereocenters. The molecule has 1 rings (SSSR count). The molecule has 1 fully saturated rings. The summed E-state index contributed by atoms with van der Waals surface area (Å²) in [6, 6.07) is 0.293. The smallest absolute Gasteiger partial charge is 0.317 e. The standard InChI is InChI=1S/C14H22N2O3/c1-2-9-16(11-14(18)19)10-8-13(17)15-12-6-4-3-5-7-12/h1,12H,3-11H2,(H,15,17)(H,18,19). The average molecular weight is 266 g/mol. The van der Waals surface area contributed by atoms with Gasteiger partial charge in [0, 0.05) is 19.0 Å². The van der Waals surface area contributed by atoms with E-state index in [4.69, 9.17) is 11.5 Å². The van der Waals surface area contributed by atoms with Crippen LogP contribution in [-0.4, -0.2) is 47.6 Å². The van der Waals surface area contributed by atoms with E-state index in [2.05, 4.69) is 11.2 Å². The molecule has 0 saturated heterocycles. The maximum Gasteiger partial charge on any atom is 0.317 e. The number of amides is 1. The highest BCUT2D eigenvalue weighted by atomic mass is 16.4. The van der Waals surface area contributed by atoms with Crippen molar-refractivity contribution in [3.8, 4) is 12.3 Å². The minimum atomic E-state index is -0.928. The summed E-state index contributed by atoms with van der Waals surface area (Å²) < 4.78 is 0. The number of nitrogens with one attached hydrogen (secondary N) is 1. The number of rotatable bonds is 7. The molecule has 0 aliphatic heterocycles. The van der Waals surface area contributed by atoms with Crippen LogP contribution in [0, 0.1) is 12.3 Å². The third-order valence-corrected chi connectivity index (χ3v) is 3.30. The van der Waals surface area contributed by atoms with Crippen LogP contribution in [-0.2, 0) is 9.59 Å². The summed E-state index contributed by atoms with van der Waals surface area (Å²) in [6.45, 7) is 0.513. The number of hydrogen-bond acceptors (Lipinski definition) is 3. The first kappa shape index (κ1) is 15.5. The highest BCUT2D eigenvalue weighted by Crippen LogP contribution is 2.17. The van der Waals surface area contributed by atoms with Gasteiger partial charge in [0.2, 0.25) is 5.91 Å². The van der Waals surface area contributed by atoms with Gasteiger partial charge in [-0.05, 0) is 12.8 Å². The molecular weight excluding hydrogens is 244 g/mol. The quantitative estimate of drug-likeness (QED) is 0.670. The first-order valence-corrected chi connectivity index (χ1v) is 6.79. The third kappa shape index (κ3) is 6.82. The van der Waals surface area contributed by atoms with Crippen molar-refractivity contribution in [2.75, 3.05) is 19.6 Å². The molecule has 0 heterocycles. The van der Waals surface area contributed by atoms with Crippen LogP contribution < -0.4 is 5.32 Å². The highest BCUT2D eigenvalue weighted by Gasteiger charge is 2.16. The van der Waals surface area contributed by atoms with Crippen LogP contribution in [0.2, 0.25) is 0 Å². The zero-order chi connectivity index (χ0) is 14.1. The molecule has 5 nitrogen and oxygen atoms in total. The number of aliphatic carboxylic acids is 1. The van der Waals surface area contributed by atoms with Crippen LogP contribution in [0.1, 0.15) is 38.5 Å². The number of terminal acetylenes is 1. The van der Waals surface area contributed by atoms with E-state index in [1.165, 1.54) is 19.3 Å². The normalized spacial score (nSPS) is 16.0. The van der Waals surface area contributed by atoms with E-state index in [9.17, 15) is 9.59 Å². The van der Waals surface area contributed by atoms with Gasteiger partial charge in [0.15, 0.2) is 0 Å². The molecule has 0 aromatic heterocycles. The molecule has 1 saturated carbocycles. The van der Waals surface area contributed by atoms with E-state index in [-0.39, 0.29) is 19.0 Å². The van der Waals surface area contributed by atoms with E-state index in [1.807, 2.05) is 0 Å². The summed E-state index contributed by atoms with van der Waals surface area (Å²) in [5.41, 5.74) is 0. The van der Waals surface area contributed by atoms with Crippen LogP contribution in [0.15, 0.2) is 0 Å². The van der Waals surface area contributed by atoms with Crippen molar-refractivity contribution in [3.63, 3.8) is 0 Å². The van der Waals surface area contributed by atoms with Crippen LogP contribution >= 0.6 is 0 Å². The Morgan fingerprint density at radius 1 is 1.32 bits per heavy atom. The molecule has 0 bridgehead atoms. The first-order valence-electron chi connectivity index (χ1n) is 6.79. The molecule has 0 radical (unpaired) electrons. The molecule has 1 aliphatic rings. The van der Waals surface area contributed by atoms with Gasteiger partial charge in [-0.15, -0.1) is 6.42 Å². The Balaban J connectivity index is 2.26. The van der Waals surface area contributed by atoms with Gasteiger partial charge in [0.1, 0.15) is 0 Å². The summed E-state index contributed by atoms with van der Waals surface area (Å²) in [5, 5.41) is 11.7. The number of carboxylic acid groups (broad SMARTS) is 1. The number of carbonyl (C=O) groups is 2. The molecule has 19 heavy (non-hydrogen) atoms. The highest BCUT2D eigenvalue weighted by molar-refractivity contribution is 5.76. The van der Waals surface area contributed by atoms with Gasteiger partial charge in [0.05, 0.1) is 13.1 Å². The molecule has 0 atom stereocenters. The summed E-state index contributed by atoms with van der Waals surface area (Å²) in [6.07, 6.45) is 11.2. The third-order valence-electron chi connectivity index (χ3n) is 3.30. The number of carbonyl (C=O) groups excluding carboxylic acids is 1. The van der Waals surface area contributed by atoms with Crippen molar-refractivity contribution in [1.82, 2.24) is 10.2 Å². The second-order valence-corrected chi connectivity index (χ2v) is 4.96. The lowest BCUT2D eigenvalue weighted by atomic mass is 9.95. The Morgan fingerprint density at radius 2 is 2.00 bits per heavy atom. The van der Waals surface area contributed by atoms with E-state index in [0.717, 1.165) is 12.8 Å². The molecule has 2 N–H and O–H groups in total. The van der Waals surface area contributed by atoms with Crippen molar-refractivity contribution in [3.05, 3.63) is 0 Å². The molecule has 0 spiro atoms. The van der Waals surface area contributed by atoms with Crippen molar-refractivity contribution in [2.24, 2.45) is 0 Å². The fourth-order valence-corrected chi connectivity index (χ4v) is 2.34. The van der Waals surface area contributed by atoms with Crippen molar-refractivity contribution in [1.29, 1.82) is 0 Å². The van der Waals surface area contributed by atoms with Gasteiger partial charge in [-0.1, -0.05) is 25.2 Å². The second-order valence-electron chi connectivity index (χ2n) is 4.96. The lowest BCUT2D eigenvalue weighted by Gasteiger charge is -2.23. The van der Waals surface area contributed by atoms with E-state index in [0.29, 0.717) is 19.0 Å². The van der Waals surface area contributed by atoms with E-state index >= 15 is 0 Å². The Kier molecular flexibility index (Phi) is 6.98. The van der Waals surface area contributed by atoms with Crippen molar-refractivity contribution < 1.29 is 14.7 Å². The predicted octanol–water partition coefficient (Wildman–Crippen LogP) is 0.845. The largest absolute Gasteiger partial charge is 0.480 e. The number of nitrogens with zero attached hydrogens (tertiary/aromatic N) is 1. The van der Waals surface area contributed by atoms with E-state index in [1.54, 1.807) is 4.90 Å². The van der Waals surface area contributed by atoms with Crippen LogP contribution in [0.25, 0.3) is 0 Å². The van der Waals surface area contributed by atoms with Crippen LogP contribution in [0.3, 0.4) is 0 Å². The Bertz CT molecular complexity index is 343. The van der Waals surface area contributed by atoms with Gasteiger partial charge < -0.3 is 10.4 Å². The fourth-order valence-electron chi connectivity index (χ4n) is 2.34. The molecule has 106 valence electrons. The van der Waals surface area contributed by atoms with Gasteiger partial charge in [0.25, 0.3) is 0 Å².